The summed E-state index contributed by atoms with van der Waals surface area (Å²) in [6.07, 6.45) is 1.94. The van der Waals surface area contributed by atoms with E-state index in [0.717, 1.165) is 6.42 Å². The molecule has 3 rings (SSSR count). The molecule has 0 amide bonds. The van der Waals surface area contributed by atoms with Gasteiger partial charge >= 0.3 is 0 Å². The van der Waals surface area contributed by atoms with Gasteiger partial charge in [0.15, 0.2) is 11.2 Å². The predicted molar refractivity (Wildman–Crippen MR) is 73.2 cm³/mol. The van der Waals surface area contributed by atoms with E-state index in [2.05, 4.69) is 15.0 Å². The molecule has 2 aromatic heterocycles. The number of nitrogens with zero attached hydrogens (tertiary/aromatic N) is 3. The van der Waals surface area contributed by atoms with Gasteiger partial charge in [-0.25, -0.2) is 4.98 Å². The minimum Gasteiger partial charge on any atom is -0.396 e. The number of nitrogen functional groups attached to an aromatic ring is 1. The van der Waals surface area contributed by atoms with E-state index in [0.29, 0.717) is 5.65 Å². The van der Waals surface area contributed by atoms with Gasteiger partial charge in [0, 0.05) is 6.61 Å². The van der Waals surface area contributed by atoms with Gasteiger partial charge < -0.3 is 20.7 Å². The van der Waals surface area contributed by atoms with Gasteiger partial charge in [-0.05, 0) is 18.3 Å². The number of aliphatic hydroxyl groups excluding tert-OH is 2. The van der Waals surface area contributed by atoms with E-state index >= 15 is 0 Å². The number of aliphatic hydroxyl groups is 2. The van der Waals surface area contributed by atoms with Crippen molar-refractivity contribution in [3.63, 3.8) is 0 Å². The fraction of sp³-hybridized carbons (Fsp3) is 0.583. The van der Waals surface area contributed by atoms with Gasteiger partial charge in [0.2, 0.25) is 5.95 Å². The van der Waals surface area contributed by atoms with Gasteiger partial charge in [0.25, 0.3) is 5.56 Å². The van der Waals surface area contributed by atoms with Crippen LogP contribution in [0.15, 0.2) is 11.1 Å². The second-order valence-electron chi connectivity index (χ2n) is 5.20. The Morgan fingerprint density at radius 2 is 2.38 bits per heavy atom. The van der Waals surface area contributed by atoms with E-state index in [4.69, 9.17) is 15.6 Å². The molecule has 0 aromatic carbocycles. The lowest BCUT2D eigenvalue weighted by Crippen LogP contribution is -2.23. The van der Waals surface area contributed by atoms with E-state index in [1.54, 1.807) is 4.57 Å². The molecule has 114 valence electrons. The van der Waals surface area contributed by atoms with Gasteiger partial charge in [-0.1, -0.05) is 0 Å². The summed E-state index contributed by atoms with van der Waals surface area (Å²) in [7, 11) is 0. The third-order valence-corrected chi connectivity index (χ3v) is 3.79. The van der Waals surface area contributed by atoms with Crippen LogP contribution in [0.25, 0.3) is 11.2 Å². The highest BCUT2D eigenvalue weighted by Gasteiger charge is 2.42. The Kier molecular flexibility index (Phi) is 3.62. The largest absolute Gasteiger partial charge is 0.396 e. The van der Waals surface area contributed by atoms with Crippen LogP contribution in [0.4, 0.5) is 5.95 Å². The summed E-state index contributed by atoms with van der Waals surface area (Å²) in [5.74, 6) is 0.366. The zero-order valence-corrected chi connectivity index (χ0v) is 11.3. The van der Waals surface area contributed by atoms with E-state index in [-0.39, 0.29) is 49.3 Å². The predicted octanol–water partition coefficient (Wildman–Crippen LogP) is -1.33. The van der Waals surface area contributed by atoms with E-state index < -0.39 is 5.56 Å². The van der Waals surface area contributed by atoms with Gasteiger partial charge in [-0.3, -0.25) is 14.3 Å². The van der Waals surface area contributed by atoms with Crippen LogP contribution in [0, 0.1) is 11.8 Å². The topological polar surface area (TPSA) is 139 Å². The fourth-order valence-corrected chi connectivity index (χ4v) is 2.49. The molecule has 0 bridgehead atoms. The molecule has 9 nitrogen and oxygen atoms in total. The number of fused-ring (bicyclic) bond motifs is 1. The molecule has 1 aliphatic carbocycles. The molecule has 1 saturated carbocycles. The maximum absolute atomic E-state index is 11.6. The van der Waals surface area contributed by atoms with Crippen molar-refractivity contribution in [3.8, 4) is 0 Å². The zero-order chi connectivity index (χ0) is 15.0. The Hall–Kier alpha value is -1.97. The molecule has 1 fully saturated rings. The number of aromatic amines is 1. The van der Waals surface area contributed by atoms with Gasteiger partial charge in [-0.2, -0.15) is 4.98 Å². The van der Waals surface area contributed by atoms with Crippen LogP contribution < -0.4 is 11.3 Å². The minimum absolute atomic E-state index is 0.00972. The fourth-order valence-electron chi connectivity index (χ4n) is 2.49. The zero-order valence-electron chi connectivity index (χ0n) is 11.3. The highest BCUT2D eigenvalue weighted by atomic mass is 16.5. The standard InChI is InChI=1S/C12H17N5O4/c13-12-15-10-9(11(20)16-12)14-4-17(10)5-21-8(3-19)7-1-6(7)2-18/h4,6-8,18-19H,1-3,5H2,(H3,13,15,16,20)/t6-,7+,8?/m1/s1. The molecule has 9 heteroatoms. The van der Waals surface area contributed by atoms with Crippen molar-refractivity contribution in [1.82, 2.24) is 19.5 Å². The molecule has 0 radical (unpaired) electrons. The summed E-state index contributed by atoms with van der Waals surface area (Å²) < 4.78 is 7.20. The van der Waals surface area contributed by atoms with Crippen molar-refractivity contribution in [2.45, 2.75) is 19.3 Å². The van der Waals surface area contributed by atoms with E-state index in [1.165, 1.54) is 6.33 Å². The van der Waals surface area contributed by atoms with E-state index in [9.17, 15) is 9.90 Å². The number of hydrogen-bond acceptors (Lipinski definition) is 7. The van der Waals surface area contributed by atoms with Crippen molar-refractivity contribution in [2.24, 2.45) is 11.8 Å². The summed E-state index contributed by atoms with van der Waals surface area (Å²) in [5, 5.41) is 18.4. The third-order valence-electron chi connectivity index (χ3n) is 3.79. The smallest absolute Gasteiger partial charge is 0.280 e. The van der Waals surface area contributed by atoms with Crippen LogP contribution in [0.2, 0.25) is 0 Å². The van der Waals surface area contributed by atoms with Crippen molar-refractivity contribution in [2.75, 3.05) is 18.9 Å². The molecule has 0 spiro atoms. The van der Waals surface area contributed by atoms with Crippen LogP contribution in [-0.4, -0.2) is 49.0 Å². The summed E-state index contributed by atoms with van der Waals surface area (Å²) in [4.78, 5) is 22.0. The average Bonchev–Trinajstić information content (AvgIpc) is 3.13. The first-order valence-electron chi connectivity index (χ1n) is 6.68. The lowest BCUT2D eigenvalue weighted by molar-refractivity contribution is -0.0381. The maximum Gasteiger partial charge on any atom is 0.280 e. The monoisotopic (exact) mass is 295 g/mol. The summed E-state index contributed by atoms with van der Waals surface area (Å²) in [6, 6.07) is 0. The third kappa shape index (κ3) is 2.62. The molecule has 2 heterocycles. The van der Waals surface area contributed by atoms with Crippen LogP contribution in [0.3, 0.4) is 0 Å². The first kappa shape index (κ1) is 14.0. The Labute approximate surface area is 119 Å². The maximum atomic E-state index is 11.6. The van der Waals surface area contributed by atoms with Crippen molar-refractivity contribution in [1.29, 1.82) is 0 Å². The Balaban J connectivity index is 1.75. The Morgan fingerprint density at radius 3 is 3.05 bits per heavy atom. The molecule has 2 aromatic rings. The average molecular weight is 295 g/mol. The van der Waals surface area contributed by atoms with Crippen LogP contribution in [0.5, 0.6) is 0 Å². The number of nitrogens with two attached hydrogens (primary N) is 1. The Morgan fingerprint density at radius 1 is 1.57 bits per heavy atom. The second kappa shape index (κ2) is 5.43. The first-order chi connectivity index (χ1) is 10.1. The molecular weight excluding hydrogens is 278 g/mol. The summed E-state index contributed by atoms with van der Waals surface area (Å²) in [6.45, 7) is 0.0855. The first-order valence-corrected chi connectivity index (χ1v) is 6.68. The second-order valence-corrected chi connectivity index (χ2v) is 5.20. The van der Waals surface area contributed by atoms with Crippen molar-refractivity contribution in [3.05, 3.63) is 16.7 Å². The van der Waals surface area contributed by atoms with Crippen LogP contribution in [0.1, 0.15) is 6.42 Å². The number of ether oxygens (including phenoxy) is 1. The quantitative estimate of drug-likeness (QED) is 0.517. The molecule has 0 aliphatic heterocycles. The molecule has 1 aliphatic rings. The highest BCUT2D eigenvalue weighted by Crippen LogP contribution is 2.41. The Bertz CT molecular complexity index is 697. The molecule has 0 saturated heterocycles. The number of nitrogens with one attached hydrogen (secondary N) is 1. The SMILES string of the molecule is Nc1nc2c(ncn2COC(CO)[C@H]2C[C@@H]2CO)c(=O)[nH]1. The number of rotatable bonds is 6. The lowest BCUT2D eigenvalue weighted by atomic mass is 10.2. The van der Waals surface area contributed by atoms with Crippen molar-refractivity contribution < 1.29 is 14.9 Å². The molecule has 21 heavy (non-hydrogen) atoms. The number of anilines is 1. The normalized spacial score (nSPS) is 22.6. The van der Waals surface area contributed by atoms with Crippen LogP contribution in [-0.2, 0) is 11.5 Å². The van der Waals surface area contributed by atoms with Gasteiger partial charge in [0.05, 0.1) is 19.0 Å². The van der Waals surface area contributed by atoms with Crippen LogP contribution >= 0.6 is 0 Å². The van der Waals surface area contributed by atoms with Gasteiger partial charge in [-0.15, -0.1) is 0 Å². The summed E-state index contributed by atoms with van der Waals surface area (Å²) in [5.41, 5.74) is 5.63. The molecular formula is C12H17N5O4. The lowest BCUT2D eigenvalue weighted by Gasteiger charge is -2.15. The number of H-pyrrole nitrogens is 1. The molecule has 3 atom stereocenters. The molecule has 5 N–H and O–H groups in total. The highest BCUT2D eigenvalue weighted by molar-refractivity contribution is 5.70. The van der Waals surface area contributed by atoms with Gasteiger partial charge in [0.1, 0.15) is 6.73 Å². The molecule has 1 unspecified atom stereocenters. The number of imidazole rings is 1. The summed E-state index contributed by atoms with van der Waals surface area (Å²) >= 11 is 0. The number of aromatic nitrogens is 4. The minimum atomic E-state index is -0.405. The number of hydrogen-bond donors (Lipinski definition) is 4. The van der Waals surface area contributed by atoms with Crippen molar-refractivity contribution >= 4 is 17.1 Å². The van der Waals surface area contributed by atoms with E-state index in [1.807, 2.05) is 0 Å².